The van der Waals surface area contributed by atoms with Gasteiger partial charge in [0.25, 0.3) is 0 Å². The molecule has 2 heterocycles. The van der Waals surface area contributed by atoms with Gasteiger partial charge < -0.3 is 19.7 Å². The summed E-state index contributed by atoms with van der Waals surface area (Å²) in [4.78, 5) is 15.0. The summed E-state index contributed by atoms with van der Waals surface area (Å²) >= 11 is 0. The Bertz CT molecular complexity index is 843. The molecule has 0 unspecified atom stereocenters. The first-order valence-electron chi connectivity index (χ1n) is 9.18. The molecule has 28 heavy (non-hydrogen) atoms. The van der Waals surface area contributed by atoms with E-state index in [9.17, 15) is 0 Å². The van der Waals surface area contributed by atoms with Crippen LogP contribution in [0.15, 0.2) is 61.1 Å². The summed E-state index contributed by atoms with van der Waals surface area (Å²) in [5.74, 6) is 3.08. The molecule has 0 saturated heterocycles. The van der Waals surface area contributed by atoms with E-state index >= 15 is 0 Å². The Balaban J connectivity index is 1.44. The minimum atomic E-state index is 0.512. The maximum atomic E-state index is 5.70. The SMILES string of the molecule is COc1ccc(OCCNc2nccc(N(C)CCc3ccncc3)n2)cc1. The highest BCUT2D eigenvalue weighted by Gasteiger charge is 2.05. The molecule has 3 rings (SSSR count). The smallest absolute Gasteiger partial charge is 0.224 e. The lowest BCUT2D eigenvalue weighted by atomic mass is 10.2. The first kappa shape index (κ1) is 19.4. The zero-order valence-electron chi connectivity index (χ0n) is 16.2. The molecule has 0 fully saturated rings. The van der Waals surface area contributed by atoms with Crippen LogP contribution in [-0.4, -0.2) is 48.8 Å². The fraction of sp³-hybridized carbons (Fsp3) is 0.286. The molecule has 1 aromatic carbocycles. The molecule has 0 bridgehead atoms. The van der Waals surface area contributed by atoms with Gasteiger partial charge in [-0.25, -0.2) is 4.98 Å². The molecule has 1 N–H and O–H groups in total. The highest BCUT2D eigenvalue weighted by atomic mass is 16.5. The molecule has 7 nitrogen and oxygen atoms in total. The molecule has 2 aromatic heterocycles. The number of ether oxygens (including phenoxy) is 2. The van der Waals surface area contributed by atoms with E-state index in [0.717, 1.165) is 30.3 Å². The van der Waals surface area contributed by atoms with E-state index in [4.69, 9.17) is 9.47 Å². The van der Waals surface area contributed by atoms with Crippen LogP contribution in [0.5, 0.6) is 11.5 Å². The predicted octanol–water partition coefficient (Wildman–Crippen LogP) is 3.05. The van der Waals surface area contributed by atoms with E-state index < -0.39 is 0 Å². The van der Waals surface area contributed by atoms with E-state index in [1.807, 2.05) is 61.9 Å². The van der Waals surface area contributed by atoms with Crippen LogP contribution < -0.4 is 19.7 Å². The number of nitrogens with zero attached hydrogens (tertiary/aromatic N) is 4. The highest BCUT2D eigenvalue weighted by molar-refractivity contribution is 5.42. The van der Waals surface area contributed by atoms with Crippen molar-refractivity contribution in [3.8, 4) is 11.5 Å². The molecule has 0 aliphatic heterocycles. The van der Waals surface area contributed by atoms with E-state index in [1.165, 1.54) is 5.56 Å². The number of hydrogen-bond donors (Lipinski definition) is 1. The Kier molecular flexibility index (Phi) is 7.01. The number of nitrogens with one attached hydrogen (secondary N) is 1. The molecule has 0 aliphatic carbocycles. The quantitative estimate of drug-likeness (QED) is 0.543. The third-order valence-electron chi connectivity index (χ3n) is 4.23. The Hall–Kier alpha value is -3.35. The van der Waals surface area contributed by atoms with Crippen molar-refractivity contribution in [1.82, 2.24) is 15.0 Å². The molecule has 0 atom stereocenters. The zero-order chi connectivity index (χ0) is 19.6. The molecule has 146 valence electrons. The summed E-state index contributed by atoms with van der Waals surface area (Å²) < 4.78 is 10.8. The van der Waals surface area contributed by atoms with Gasteiger partial charge in [0.2, 0.25) is 5.95 Å². The van der Waals surface area contributed by atoms with Crippen LogP contribution in [0, 0.1) is 0 Å². The Morgan fingerprint density at radius 2 is 1.71 bits per heavy atom. The van der Waals surface area contributed by atoms with Crippen molar-refractivity contribution in [3.05, 3.63) is 66.6 Å². The van der Waals surface area contributed by atoms with Crippen LogP contribution in [0.3, 0.4) is 0 Å². The molecule has 0 saturated carbocycles. The fourth-order valence-electron chi connectivity index (χ4n) is 2.61. The van der Waals surface area contributed by atoms with Gasteiger partial charge in [0.1, 0.15) is 23.9 Å². The van der Waals surface area contributed by atoms with Crippen molar-refractivity contribution in [1.29, 1.82) is 0 Å². The fourth-order valence-corrected chi connectivity index (χ4v) is 2.61. The van der Waals surface area contributed by atoms with Gasteiger partial charge in [-0.2, -0.15) is 4.98 Å². The van der Waals surface area contributed by atoms with E-state index in [2.05, 4.69) is 25.2 Å². The van der Waals surface area contributed by atoms with E-state index in [-0.39, 0.29) is 0 Å². The summed E-state index contributed by atoms with van der Waals surface area (Å²) in [6.45, 7) is 1.98. The standard InChI is InChI=1S/C21H25N5O2/c1-26(15-10-17-7-11-22-12-8-17)20-9-13-23-21(25-20)24-14-16-28-19-5-3-18(27-2)4-6-19/h3-9,11-13H,10,14-16H2,1-2H3,(H,23,24,25). The van der Waals surface area contributed by atoms with Gasteiger partial charge in [-0.3, -0.25) is 4.98 Å². The number of pyridine rings is 1. The zero-order valence-corrected chi connectivity index (χ0v) is 16.2. The van der Waals surface area contributed by atoms with E-state index in [1.54, 1.807) is 13.3 Å². The number of benzene rings is 1. The normalized spacial score (nSPS) is 10.4. The van der Waals surface area contributed by atoms with Gasteiger partial charge in [0.05, 0.1) is 13.7 Å². The lowest BCUT2D eigenvalue weighted by Crippen LogP contribution is -2.22. The lowest BCUT2D eigenvalue weighted by Gasteiger charge is -2.18. The second-order valence-corrected chi connectivity index (χ2v) is 6.22. The van der Waals surface area contributed by atoms with Crippen molar-refractivity contribution in [2.24, 2.45) is 0 Å². The summed E-state index contributed by atoms with van der Waals surface area (Å²) in [7, 11) is 3.67. The average Bonchev–Trinajstić information content (AvgIpc) is 2.76. The lowest BCUT2D eigenvalue weighted by molar-refractivity contribution is 0.331. The first-order chi connectivity index (χ1) is 13.7. The summed E-state index contributed by atoms with van der Waals surface area (Å²) in [6, 6.07) is 13.5. The van der Waals surface area contributed by atoms with Crippen molar-refractivity contribution in [2.45, 2.75) is 6.42 Å². The van der Waals surface area contributed by atoms with Gasteiger partial charge in [0.15, 0.2) is 0 Å². The number of methoxy groups -OCH3 is 1. The average molecular weight is 379 g/mol. The summed E-state index contributed by atoms with van der Waals surface area (Å²) in [6.07, 6.45) is 6.32. The van der Waals surface area contributed by atoms with Gasteiger partial charge >= 0.3 is 0 Å². The van der Waals surface area contributed by atoms with Gasteiger partial charge in [-0.15, -0.1) is 0 Å². The topological polar surface area (TPSA) is 72.4 Å². The second-order valence-electron chi connectivity index (χ2n) is 6.22. The number of hydrogen-bond acceptors (Lipinski definition) is 7. The van der Waals surface area contributed by atoms with E-state index in [0.29, 0.717) is 19.1 Å². The first-order valence-corrected chi connectivity index (χ1v) is 9.18. The van der Waals surface area contributed by atoms with Gasteiger partial charge in [-0.1, -0.05) is 0 Å². The summed E-state index contributed by atoms with van der Waals surface area (Å²) in [5, 5.41) is 3.20. The third kappa shape index (κ3) is 5.84. The second kappa shape index (κ2) is 10.1. The number of rotatable bonds is 10. The third-order valence-corrected chi connectivity index (χ3v) is 4.23. The van der Waals surface area contributed by atoms with Crippen LogP contribution in [0.2, 0.25) is 0 Å². The van der Waals surface area contributed by atoms with Crippen LogP contribution in [0.1, 0.15) is 5.56 Å². The Morgan fingerprint density at radius 1 is 0.964 bits per heavy atom. The van der Waals surface area contributed by atoms with Gasteiger partial charge in [0, 0.05) is 32.2 Å². The molecule has 7 heteroatoms. The Labute approximate surface area is 165 Å². The minimum absolute atomic E-state index is 0.512. The molecule has 0 aliphatic rings. The van der Waals surface area contributed by atoms with Crippen LogP contribution >= 0.6 is 0 Å². The van der Waals surface area contributed by atoms with Crippen molar-refractivity contribution in [3.63, 3.8) is 0 Å². The van der Waals surface area contributed by atoms with Crippen molar-refractivity contribution >= 4 is 11.8 Å². The van der Waals surface area contributed by atoms with Crippen LogP contribution in [0.4, 0.5) is 11.8 Å². The monoisotopic (exact) mass is 379 g/mol. The van der Waals surface area contributed by atoms with Crippen LogP contribution in [-0.2, 0) is 6.42 Å². The molecule has 3 aromatic rings. The molecular weight excluding hydrogens is 354 g/mol. The van der Waals surface area contributed by atoms with Crippen molar-refractivity contribution in [2.75, 3.05) is 44.1 Å². The molecule has 0 amide bonds. The number of aromatic nitrogens is 3. The maximum absolute atomic E-state index is 5.70. The van der Waals surface area contributed by atoms with Crippen LogP contribution in [0.25, 0.3) is 0 Å². The van der Waals surface area contributed by atoms with Crippen molar-refractivity contribution < 1.29 is 9.47 Å². The number of anilines is 2. The minimum Gasteiger partial charge on any atom is -0.497 e. The van der Waals surface area contributed by atoms with Gasteiger partial charge in [-0.05, 0) is 54.4 Å². The molecule has 0 radical (unpaired) electrons. The summed E-state index contributed by atoms with van der Waals surface area (Å²) in [5.41, 5.74) is 1.25. The molecule has 0 spiro atoms. The highest BCUT2D eigenvalue weighted by Crippen LogP contribution is 2.17. The largest absolute Gasteiger partial charge is 0.497 e. The Morgan fingerprint density at radius 3 is 2.46 bits per heavy atom. The maximum Gasteiger partial charge on any atom is 0.224 e. The number of likely N-dealkylation sites (N-methyl/N-ethyl adjacent to an activating group) is 1. The predicted molar refractivity (Wildman–Crippen MR) is 110 cm³/mol. The molecular formula is C21H25N5O2.